The molecule has 0 aromatic heterocycles. The minimum Gasteiger partial charge on any atom is -0.345 e. The van der Waals surface area contributed by atoms with Crippen LogP contribution >= 0.6 is 12.4 Å². The highest BCUT2D eigenvalue weighted by Crippen LogP contribution is 2.24. The molecule has 1 aliphatic heterocycles. The summed E-state index contributed by atoms with van der Waals surface area (Å²) in [5, 5.41) is 6.28. The van der Waals surface area contributed by atoms with Crippen molar-refractivity contribution in [2.45, 2.75) is 18.9 Å². The summed E-state index contributed by atoms with van der Waals surface area (Å²) in [7, 11) is 0. The third-order valence-corrected chi connectivity index (χ3v) is 4.40. The Hall–Kier alpha value is -1.98. The van der Waals surface area contributed by atoms with E-state index in [1.807, 2.05) is 0 Å². The lowest BCUT2D eigenvalue weighted by Gasteiger charge is -2.26. The lowest BCUT2D eigenvalue weighted by Crippen LogP contribution is -2.40. The first-order valence-electron chi connectivity index (χ1n) is 8.15. The van der Waals surface area contributed by atoms with Crippen molar-refractivity contribution < 1.29 is 13.6 Å². The second-order valence-electron chi connectivity index (χ2n) is 6.07. The lowest BCUT2D eigenvalue weighted by atomic mass is 9.94. The van der Waals surface area contributed by atoms with Gasteiger partial charge in [0.15, 0.2) is 0 Å². The van der Waals surface area contributed by atoms with Gasteiger partial charge in [0.25, 0.3) is 0 Å². The van der Waals surface area contributed by atoms with Crippen LogP contribution in [0.2, 0.25) is 0 Å². The summed E-state index contributed by atoms with van der Waals surface area (Å²) in [6.07, 6.45) is 1.59. The third kappa shape index (κ3) is 5.00. The zero-order chi connectivity index (χ0) is 16.9. The predicted molar refractivity (Wildman–Crippen MR) is 95.6 cm³/mol. The van der Waals surface area contributed by atoms with Gasteiger partial charge in [0.2, 0.25) is 5.91 Å². The molecule has 3 nitrogen and oxygen atoms in total. The number of nitrogens with one attached hydrogen (secondary N) is 2. The molecule has 0 aliphatic carbocycles. The van der Waals surface area contributed by atoms with Gasteiger partial charge in [0.1, 0.15) is 11.6 Å². The number of amides is 1. The Bertz CT molecular complexity index is 640. The van der Waals surface area contributed by atoms with Crippen LogP contribution in [0.1, 0.15) is 30.0 Å². The van der Waals surface area contributed by atoms with Gasteiger partial charge in [0, 0.05) is 5.92 Å². The van der Waals surface area contributed by atoms with Gasteiger partial charge in [-0.3, -0.25) is 4.79 Å². The smallest absolute Gasteiger partial charge is 0.223 e. The highest BCUT2D eigenvalue weighted by molar-refractivity contribution is 5.85. The number of piperidine rings is 1. The van der Waals surface area contributed by atoms with Gasteiger partial charge in [-0.2, -0.15) is 0 Å². The molecule has 1 aliphatic rings. The van der Waals surface area contributed by atoms with E-state index in [-0.39, 0.29) is 35.9 Å². The summed E-state index contributed by atoms with van der Waals surface area (Å²) in [5.74, 6) is -0.715. The highest BCUT2D eigenvalue weighted by atomic mass is 35.5. The van der Waals surface area contributed by atoms with Crippen molar-refractivity contribution in [1.29, 1.82) is 0 Å². The number of benzene rings is 2. The van der Waals surface area contributed by atoms with Crippen molar-refractivity contribution in [3.05, 3.63) is 71.3 Å². The number of hydrogen-bond donors (Lipinski definition) is 2. The molecule has 2 aromatic carbocycles. The Kier molecular flexibility index (Phi) is 6.91. The van der Waals surface area contributed by atoms with Crippen LogP contribution < -0.4 is 10.6 Å². The standard InChI is InChI=1S/C19H20F2N2O.ClH/c20-16-5-1-13(2-6-16)18(14-3-7-17(21)8-4-14)23-19(24)15-9-11-22-12-10-15;/h1-8,15,18,22H,9-12H2,(H,23,24);1H. The van der Waals surface area contributed by atoms with Crippen molar-refractivity contribution in [2.24, 2.45) is 5.92 Å². The molecular formula is C19H21ClF2N2O. The summed E-state index contributed by atoms with van der Waals surface area (Å²) in [6.45, 7) is 1.66. The molecule has 6 heteroatoms. The number of carbonyl (C=O) groups excluding carboxylic acids is 1. The van der Waals surface area contributed by atoms with E-state index in [4.69, 9.17) is 0 Å². The van der Waals surface area contributed by atoms with Gasteiger partial charge in [-0.15, -0.1) is 12.4 Å². The molecule has 25 heavy (non-hydrogen) atoms. The monoisotopic (exact) mass is 366 g/mol. The first-order chi connectivity index (χ1) is 11.6. The quantitative estimate of drug-likeness (QED) is 0.868. The highest BCUT2D eigenvalue weighted by Gasteiger charge is 2.24. The zero-order valence-corrected chi connectivity index (χ0v) is 14.5. The maximum absolute atomic E-state index is 13.2. The fourth-order valence-electron chi connectivity index (χ4n) is 3.01. The predicted octanol–water partition coefficient (Wildman–Crippen LogP) is 3.59. The van der Waals surface area contributed by atoms with E-state index in [0.717, 1.165) is 37.1 Å². The summed E-state index contributed by atoms with van der Waals surface area (Å²) in [5.41, 5.74) is 1.54. The maximum atomic E-state index is 13.2. The molecule has 1 amide bonds. The molecular weight excluding hydrogens is 346 g/mol. The minimum absolute atomic E-state index is 0. The minimum atomic E-state index is -0.423. The molecule has 0 bridgehead atoms. The average molecular weight is 367 g/mol. The maximum Gasteiger partial charge on any atom is 0.223 e. The number of halogens is 3. The molecule has 1 heterocycles. The van der Waals surface area contributed by atoms with E-state index in [0.29, 0.717) is 0 Å². The van der Waals surface area contributed by atoms with Crippen LogP contribution in [0.4, 0.5) is 8.78 Å². The van der Waals surface area contributed by atoms with Gasteiger partial charge < -0.3 is 10.6 Å². The lowest BCUT2D eigenvalue weighted by molar-refractivity contribution is -0.126. The van der Waals surface area contributed by atoms with Crippen molar-refractivity contribution in [3.63, 3.8) is 0 Å². The Morgan fingerprint density at radius 3 is 1.80 bits per heavy atom. The fraction of sp³-hybridized carbons (Fsp3) is 0.316. The van der Waals surface area contributed by atoms with E-state index in [9.17, 15) is 13.6 Å². The van der Waals surface area contributed by atoms with Crippen molar-refractivity contribution in [3.8, 4) is 0 Å². The molecule has 0 spiro atoms. The van der Waals surface area contributed by atoms with Crippen LogP contribution in [-0.4, -0.2) is 19.0 Å². The summed E-state index contributed by atoms with van der Waals surface area (Å²) in [4.78, 5) is 12.6. The summed E-state index contributed by atoms with van der Waals surface area (Å²) >= 11 is 0. The molecule has 2 aromatic rings. The molecule has 1 fully saturated rings. The van der Waals surface area contributed by atoms with Crippen LogP contribution in [-0.2, 0) is 4.79 Å². The van der Waals surface area contributed by atoms with Gasteiger partial charge >= 0.3 is 0 Å². The Morgan fingerprint density at radius 2 is 1.36 bits per heavy atom. The van der Waals surface area contributed by atoms with Crippen LogP contribution in [0.25, 0.3) is 0 Å². The van der Waals surface area contributed by atoms with Crippen molar-refractivity contribution >= 4 is 18.3 Å². The third-order valence-electron chi connectivity index (χ3n) is 4.40. The molecule has 0 atom stereocenters. The second kappa shape index (κ2) is 8.92. The first-order valence-corrected chi connectivity index (χ1v) is 8.15. The zero-order valence-electron chi connectivity index (χ0n) is 13.7. The van der Waals surface area contributed by atoms with E-state index in [1.54, 1.807) is 24.3 Å². The van der Waals surface area contributed by atoms with Crippen LogP contribution in [0.15, 0.2) is 48.5 Å². The molecule has 134 valence electrons. The number of rotatable bonds is 4. The average Bonchev–Trinajstić information content (AvgIpc) is 2.62. The summed E-state index contributed by atoms with van der Waals surface area (Å²) < 4.78 is 26.4. The Balaban J connectivity index is 0.00000225. The number of hydrogen-bond acceptors (Lipinski definition) is 2. The second-order valence-corrected chi connectivity index (χ2v) is 6.07. The topological polar surface area (TPSA) is 41.1 Å². The normalized spacial score (nSPS) is 14.8. The van der Waals surface area contributed by atoms with Gasteiger partial charge in [-0.1, -0.05) is 24.3 Å². The van der Waals surface area contributed by atoms with Gasteiger partial charge in [0.05, 0.1) is 6.04 Å². The Labute approximate surface area is 152 Å². The van der Waals surface area contributed by atoms with Gasteiger partial charge in [-0.05, 0) is 61.3 Å². The Morgan fingerprint density at radius 1 is 0.920 bits per heavy atom. The molecule has 3 rings (SSSR count). The van der Waals surface area contributed by atoms with Crippen molar-refractivity contribution in [2.75, 3.05) is 13.1 Å². The van der Waals surface area contributed by atoms with E-state index >= 15 is 0 Å². The van der Waals surface area contributed by atoms with E-state index in [1.165, 1.54) is 24.3 Å². The van der Waals surface area contributed by atoms with Crippen LogP contribution in [0.5, 0.6) is 0 Å². The van der Waals surface area contributed by atoms with Crippen molar-refractivity contribution in [1.82, 2.24) is 10.6 Å². The van der Waals surface area contributed by atoms with Crippen LogP contribution in [0.3, 0.4) is 0 Å². The number of carbonyl (C=O) groups is 1. The largest absolute Gasteiger partial charge is 0.345 e. The fourth-order valence-corrected chi connectivity index (χ4v) is 3.01. The SMILES string of the molecule is Cl.O=C(NC(c1ccc(F)cc1)c1ccc(F)cc1)C1CCNCC1. The van der Waals surface area contributed by atoms with Gasteiger partial charge in [-0.25, -0.2) is 8.78 Å². The van der Waals surface area contributed by atoms with E-state index < -0.39 is 6.04 Å². The molecule has 0 saturated carbocycles. The molecule has 0 radical (unpaired) electrons. The summed E-state index contributed by atoms with van der Waals surface area (Å²) in [6, 6.07) is 11.6. The molecule has 0 unspecified atom stereocenters. The first kappa shape index (κ1) is 19.3. The molecule has 2 N–H and O–H groups in total. The van der Waals surface area contributed by atoms with Crippen LogP contribution in [0, 0.1) is 17.6 Å². The molecule has 1 saturated heterocycles. The van der Waals surface area contributed by atoms with E-state index in [2.05, 4.69) is 10.6 Å².